The average Bonchev–Trinajstić information content (AvgIpc) is 2.39. The summed E-state index contributed by atoms with van der Waals surface area (Å²) in [6.07, 6.45) is 2.63. The number of Topliss-reactive ketones (excluding diaryl/α,β-unsaturated/α-hetero) is 1. The summed E-state index contributed by atoms with van der Waals surface area (Å²) in [5.41, 5.74) is -0.178. The molecule has 0 aromatic carbocycles. The fourth-order valence-corrected chi connectivity index (χ4v) is 1.46. The first-order valence-corrected chi connectivity index (χ1v) is 7.49. The summed E-state index contributed by atoms with van der Waals surface area (Å²) in [6, 6.07) is 0. The van der Waals surface area contributed by atoms with E-state index in [-0.39, 0.29) is 35.9 Å². The van der Waals surface area contributed by atoms with Crippen molar-refractivity contribution in [3.05, 3.63) is 11.8 Å². The van der Waals surface area contributed by atoms with Gasteiger partial charge in [0, 0.05) is 19.2 Å². The molecule has 2 N–H and O–H groups in total. The van der Waals surface area contributed by atoms with Crippen molar-refractivity contribution < 1.29 is 19.1 Å². The van der Waals surface area contributed by atoms with Crippen molar-refractivity contribution in [1.29, 1.82) is 5.41 Å². The van der Waals surface area contributed by atoms with Crippen molar-refractivity contribution in [3.63, 3.8) is 0 Å². The third-order valence-electron chi connectivity index (χ3n) is 2.57. The van der Waals surface area contributed by atoms with Gasteiger partial charge in [-0.15, -0.1) is 0 Å². The number of hydrogen-bond acceptors (Lipinski definition) is 6. The summed E-state index contributed by atoms with van der Waals surface area (Å²) in [5.74, 6) is -0.424. The molecule has 0 spiro atoms. The van der Waals surface area contributed by atoms with Gasteiger partial charge >= 0.3 is 5.97 Å². The first-order valence-electron chi connectivity index (χ1n) is 7.49. The van der Waals surface area contributed by atoms with E-state index in [1.165, 1.54) is 6.20 Å². The Labute approximate surface area is 132 Å². The van der Waals surface area contributed by atoms with E-state index in [4.69, 9.17) is 14.9 Å². The van der Waals surface area contributed by atoms with Crippen molar-refractivity contribution in [1.82, 2.24) is 5.32 Å². The lowest BCUT2D eigenvalue weighted by molar-refractivity contribution is -0.138. The quantitative estimate of drug-likeness (QED) is 0.279. The van der Waals surface area contributed by atoms with E-state index in [1.807, 2.05) is 20.8 Å². The molecule has 0 bridgehead atoms. The molecule has 0 aliphatic carbocycles. The molecular weight excluding hydrogens is 284 g/mol. The maximum atomic E-state index is 11.9. The molecule has 0 saturated carbocycles. The van der Waals surface area contributed by atoms with Crippen molar-refractivity contribution in [3.8, 4) is 0 Å². The Bertz CT molecular complexity index is 422. The maximum Gasteiger partial charge on any atom is 0.341 e. The highest BCUT2D eigenvalue weighted by atomic mass is 16.5. The van der Waals surface area contributed by atoms with Crippen LogP contribution in [0.1, 0.15) is 47.5 Å². The second kappa shape index (κ2) is 10.1. The van der Waals surface area contributed by atoms with E-state index in [0.717, 1.165) is 0 Å². The van der Waals surface area contributed by atoms with Crippen molar-refractivity contribution in [2.45, 2.75) is 53.1 Å². The van der Waals surface area contributed by atoms with Gasteiger partial charge in [-0.05, 0) is 41.0 Å². The van der Waals surface area contributed by atoms with Crippen LogP contribution in [0.4, 0.5) is 0 Å². The van der Waals surface area contributed by atoms with Gasteiger partial charge in [0.25, 0.3) is 0 Å². The second-order valence-electron chi connectivity index (χ2n) is 5.92. The summed E-state index contributed by atoms with van der Waals surface area (Å²) in [4.78, 5) is 22.8. The molecule has 0 aliphatic rings. The van der Waals surface area contributed by atoms with Crippen LogP contribution in [0.25, 0.3) is 0 Å². The number of ketones is 1. The molecule has 0 atom stereocenters. The van der Waals surface area contributed by atoms with Crippen molar-refractivity contribution in [2.75, 3.05) is 19.8 Å². The van der Waals surface area contributed by atoms with Gasteiger partial charge in [0.05, 0.1) is 30.1 Å². The molecule has 0 heterocycles. The zero-order valence-electron chi connectivity index (χ0n) is 14.2. The van der Waals surface area contributed by atoms with Gasteiger partial charge in [-0.2, -0.15) is 0 Å². The fourth-order valence-electron chi connectivity index (χ4n) is 1.46. The highest BCUT2D eigenvalue weighted by molar-refractivity contribution is 6.19. The SMILES string of the molecule is CCOC(=O)/C(=C/NCCCC(C)=O)C(=N)COC(C)(C)C. The van der Waals surface area contributed by atoms with Crippen LogP contribution in [-0.2, 0) is 19.1 Å². The minimum atomic E-state index is -0.552. The van der Waals surface area contributed by atoms with Gasteiger partial charge in [0.2, 0.25) is 0 Å². The smallest absolute Gasteiger partial charge is 0.341 e. The summed E-state index contributed by atoms with van der Waals surface area (Å²) in [5, 5.41) is 10.9. The number of nitrogens with one attached hydrogen (secondary N) is 2. The first kappa shape index (κ1) is 20.3. The molecule has 0 saturated heterocycles. The number of rotatable bonds is 10. The van der Waals surface area contributed by atoms with E-state index in [2.05, 4.69) is 5.32 Å². The number of carbonyl (C=O) groups excluding carboxylic acids is 2. The molecule has 6 heteroatoms. The Morgan fingerprint density at radius 3 is 2.41 bits per heavy atom. The van der Waals surface area contributed by atoms with Gasteiger partial charge in [-0.3, -0.25) is 0 Å². The number of hydrogen-bond donors (Lipinski definition) is 2. The summed E-state index contributed by atoms with van der Waals surface area (Å²) in [6.45, 7) is 9.73. The topological polar surface area (TPSA) is 88.5 Å². The van der Waals surface area contributed by atoms with Crippen LogP contribution in [0.15, 0.2) is 11.8 Å². The molecule has 0 unspecified atom stereocenters. The predicted octanol–water partition coefficient (Wildman–Crippen LogP) is 2.23. The Kier molecular flexibility index (Phi) is 9.33. The normalized spacial score (nSPS) is 12.0. The van der Waals surface area contributed by atoms with Gasteiger partial charge in [0.1, 0.15) is 5.78 Å². The van der Waals surface area contributed by atoms with E-state index in [9.17, 15) is 9.59 Å². The maximum absolute atomic E-state index is 11.9. The number of esters is 1. The third kappa shape index (κ3) is 10.1. The monoisotopic (exact) mass is 312 g/mol. The molecule has 0 radical (unpaired) electrons. The Balaban J connectivity index is 4.63. The number of ether oxygens (including phenoxy) is 2. The van der Waals surface area contributed by atoms with Crippen LogP contribution >= 0.6 is 0 Å². The molecule has 6 nitrogen and oxygen atoms in total. The van der Waals surface area contributed by atoms with Crippen LogP contribution in [0.3, 0.4) is 0 Å². The standard InChI is InChI=1S/C16H28N2O4/c1-6-21-15(20)13(10-18-9-7-8-12(2)19)14(17)11-22-16(3,4)5/h10,17-18H,6-9,11H2,1-5H3/b13-10+,17-14?. The second-order valence-corrected chi connectivity index (χ2v) is 5.92. The van der Waals surface area contributed by atoms with Crippen LogP contribution in [0.2, 0.25) is 0 Å². The van der Waals surface area contributed by atoms with Crippen molar-refractivity contribution in [2.24, 2.45) is 0 Å². The Morgan fingerprint density at radius 1 is 1.27 bits per heavy atom. The minimum Gasteiger partial charge on any atom is -0.462 e. The summed E-state index contributed by atoms with van der Waals surface area (Å²) < 4.78 is 10.5. The van der Waals surface area contributed by atoms with E-state index in [0.29, 0.717) is 19.4 Å². The molecule has 0 aromatic rings. The fraction of sp³-hybridized carbons (Fsp3) is 0.688. The highest BCUT2D eigenvalue weighted by Crippen LogP contribution is 2.09. The molecule has 22 heavy (non-hydrogen) atoms. The van der Waals surface area contributed by atoms with Gasteiger partial charge in [-0.25, -0.2) is 4.79 Å². The lowest BCUT2D eigenvalue weighted by Gasteiger charge is -2.20. The summed E-state index contributed by atoms with van der Waals surface area (Å²) in [7, 11) is 0. The molecule has 0 rings (SSSR count). The third-order valence-corrected chi connectivity index (χ3v) is 2.57. The lowest BCUT2D eigenvalue weighted by atomic mass is 10.1. The molecule has 0 aromatic heterocycles. The van der Waals surface area contributed by atoms with Gasteiger partial charge < -0.3 is 25.0 Å². The largest absolute Gasteiger partial charge is 0.462 e. The van der Waals surface area contributed by atoms with E-state index >= 15 is 0 Å². The van der Waals surface area contributed by atoms with Crippen LogP contribution in [0, 0.1) is 5.41 Å². The minimum absolute atomic E-state index is 0.0310. The van der Waals surface area contributed by atoms with E-state index < -0.39 is 5.97 Å². The molecule has 0 amide bonds. The van der Waals surface area contributed by atoms with Crippen LogP contribution < -0.4 is 5.32 Å². The van der Waals surface area contributed by atoms with Gasteiger partial charge in [-0.1, -0.05) is 0 Å². The summed E-state index contributed by atoms with van der Waals surface area (Å²) >= 11 is 0. The molecule has 126 valence electrons. The predicted molar refractivity (Wildman–Crippen MR) is 86.1 cm³/mol. The average molecular weight is 312 g/mol. The van der Waals surface area contributed by atoms with Gasteiger partial charge in [0.15, 0.2) is 0 Å². The highest BCUT2D eigenvalue weighted by Gasteiger charge is 2.19. The van der Waals surface area contributed by atoms with Crippen molar-refractivity contribution >= 4 is 17.5 Å². The van der Waals surface area contributed by atoms with Crippen LogP contribution in [0.5, 0.6) is 0 Å². The van der Waals surface area contributed by atoms with Crippen LogP contribution in [-0.4, -0.2) is 42.8 Å². The first-order chi connectivity index (χ1) is 10.2. The molecule has 0 fully saturated rings. The zero-order valence-corrected chi connectivity index (χ0v) is 14.2. The zero-order chi connectivity index (χ0) is 17.2. The molecule has 0 aliphatic heterocycles. The Hall–Kier alpha value is -1.69. The number of carbonyl (C=O) groups is 2. The Morgan fingerprint density at radius 2 is 1.91 bits per heavy atom. The lowest BCUT2D eigenvalue weighted by Crippen LogP contribution is -2.27. The molecular formula is C16H28N2O4. The van der Waals surface area contributed by atoms with E-state index in [1.54, 1.807) is 13.8 Å².